The molecule has 20 heavy (non-hydrogen) atoms. The molecule has 0 aliphatic heterocycles. The summed E-state index contributed by atoms with van der Waals surface area (Å²) in [4.78, 5) is 11.5. The number of nitrogens with zero attached hydrogens (tertiary/aromatic N) is 5. The molecule has 6 nitrogen and oxygen atoms in total. The number of rotatable bonds is 6. The molecule has 0 unspecified atom stereocenters. The van der Waals surface area contributed by atoms with E-state index in [1.807, 2.05) is 14.1 Å². The van der Waals surface area contributed by atoms with Crippen molar-refractivity contribution in [3.8, 4) is 0 Å². The van der Waals surface area contributed by atoms with Crippen molar-refractivity contribution in [1.82, 2.24) is 24.6 Å². The van der Waals surface area contributed by atoms with Gasteiger partial charge in [-0.2, -0.15) is 5.10 Å². The minimum atomic E-state index is 0.714. The van der Waals surface area contributed by atoms with Crippen LogP contribution in [0.15, 0.2) is 6.20 Å². The Bertz CT molecular complexity index is 574. The van der Waals surface area contributed by atoms with Gasteiger partial charge < -0.3 is 5.32 Å². The topological polar surface area (TPSA) is 58.9 Å². The van der Waals surface area contributed by atoms with Gasteiger partial charge >= 0.3 is 0 Å². The predicted molar refractivity (Wildman–Crippen MR) is 81.6 cm³/mol. The molecular weight excluding hydrogens is 252 g/mol. The van der Waals surface area contributed by atoms with E-state index in [4.69, 9.17) is 0 Å². The van der Waals surface area contributed by atoms with Crippen molar-refractivity contribution in [2.45, 2.75) is 26.8 Å². The smallest absolute Gasteiger partial charge is 0.163 e. The fourth-order valence-corrected chi connectivity index (χ4v) is 2.13. The van der Waals surface area contributed by atoms with Crippen molar-refractivity contribution in [2.75, 3.05) is 26.0 Å². The first kappa shape index (κ1) is 14.7. The zero-order valence-electron chi connectivity index (χ0n) is 13.0. The normalized spacial score (nSPS) is 11.8. The van der Waals surface area contributed by atoms with Gasteiger partial charge in [-0.25, -0.2) is 9.97 Å². The Hall–Kier alpha value is -1.69. The maximum absolute atomic E-state index is 4.62. The molecule has 2 aromatic rings. The van der Waals surface area contributed by atoms with Crippen LogP contribution in [0.2, 0.25) is 0 Å². The van der Waals surface area contributed by atoms with Crippen molar-refractivity contribution in [3.05, 3.63) is 12.0 Å². The molecule has 6 heteroatoms. The first-order valence-electron chi connectivity index (χ1n) is 7.06. The highest BCUT2D eigenvalue weighted by atomic mass is 15.3. The summed E-state index contributed by atoms with van der Waals surface area (Å²) in [6, 6.07) is 0. The van der Waals surface area contributed by atoms with E-state index < -0.39 is 0 Å². The van der Waals surface area contributed by atoms with Gasteiger partial charge in [-0.15, -0.1) is 0 Å². The van der Waals surface area contributed by atoms with Crippen LogP contribution >= 0.6 is 0 Å². The summed E-state index contributed by atoms with van der Waals surface area (Å²) in [5.41, 5.74) is 0.872. The van der Waals surface area contributed by atoms with Crippen molar-refractivity contribution in [1.29, 1.82) is 0 Å². The minimum absolute atomic E-state index is 0.714. The molecule has 2 aromatic heterocycles. The Kier molecular flexibility index (Phi) is 4.54. The Balaban J connectivity index is 2.19. The van der Waals surface area contributed by atoms with E-state index in [1.54, 1.807) is 10.9 Å². The molecule has 0 amide bonds. The molecule has 0 bridgehead atoms. The van der Waals surface area contributed by atoms with Gasteiger partial charge in [0.1, 0.15) is 11.6 Å². The van der Waals surface area contributed by atoms with Crippen LogP contribution in [0.5, 0.6) is 0 Å². The fraction of sp³-hybridized carbons (Fsp3) is 0.643. The molecule has 0 saturated carbocycles. The van der Waals surface area contributed by atoms with Gasteiger partial charge in [-0.3, -0.25) is 9.58 Å². The van der Waals surface area contributed by atoms with E-state index in [9.17, 15) is 0 Å². The third-order valence-electron chi connectivity index (χ3n) is 3.37. The van der Waals surface area contributed by atoms with Crippen molar-refractivity contribution in [2.24, 2.45) is 13.0 Å². The van der Waals surface area contributed by atoms with Gasteiger partial charge in [0.2, 0.25) is 0 Å². The average molecular weight is 276 g/mol. The second-order valence-corrected chi connectivity index (χ2v) is 5.66. The van der Waals surface area contributed by atoms with Crippen LogP contribution in [0.4, 0.5) is 5.82 Å². The molecule has 0 aliphatic carbocycles. The Morgan fingerprint density at radius 3 is 2.75 bits per heavy atom. The second-order valence-electron chi connectivity index (χ2n) is 5.66. The Morgan fingerprint density at radius 1 is 1.35 bits per heavy atom. The quantitative estimate of drug-likeness (QED) is 0.873. The van der Waals surface area contributed by atoms with Crippen LogP contribution in [0, 0.1) is 5.92 Å². The number of hydrogen-bond donors (Lipinski definition) is 1. The van der Waals surface area contributed by atoms with Gasteiger partial charge in [0, 0.05) is 14.1 Å². The summed E-state index contributed by atoms with van der Waals surface area (Å²) in [6.07, 6.45) is 2.98. The minimum Gasteiger partial charge on any atom is -0.372 e. The molecule has 110 valence electrons. The summed E-state index contributed by atoms with van der Waals surface area (Å²) in [6.45, 7) is 6.29. The highest BCUT2D eigenvalue weighted by molar-refractivity contribution is 5.86. The number of fused-ring (bicyclic) bond motifs is 1. The highest BCUT2D eigenvalue weighted by Crippen LogP contribution is 2.19. The molecule has 0 fully saturated rings. The Labute approximate surface area is 120 Å². The maximum atomic E-state index is 4.62. The third-order valence-corrected chi connectivity index (χ3v) is 3.37. The molecular formula is C14H24N6. The SMILES string of the molecule is CNc1nc(CN(C)CCC(C)C)nc2c1cnn2C. The molecule has 0 aliphatic rings. The van der Waals surface area contributed by atoms with Gasteiger partial charge in [0.25, 0.3) is 0 Å². The summed E-state index contributed by atoms with van der Waals surface area (Å²) in [7, 11) is 5.89. The molecule has 0 aromatic carbocycles. The first-order valence-corrected chi connectivity index (χ1v) is 7.06. The van der Waals surface area contributed by atoms with E-state index in [-0.39, 0.29) is 0 Å². The lowest BCUT2D eigenvalue weighted by Crippen LogP contribution is -2.22. The largest absolute Gasteiger partial charge is 0.372 e. The van der Waals surface area contributed by atoms with Crippen molar-refractivity contribution >= 4 is 16.9 Å². The van der Waals surface area contributed by atoms with E-state index in [0.717, 1.165) is 35.8 Å². The molecule has 0 saturated heterocycles. The first-order chi connectivity index (χ1) is 9.51. The number of nitrogens with one attached hydrogen (secondary N) is 1. The zero-order chi connectivity index (χ0) is 14.7. The molecule has 2 heterocycles. The summed E-state index contributed by atoms with van der Waals surface area (Å²) in [5, 5.41) is 8.33. The van der Waals surface area contributed by atoms with Gasteiger partial charge in [0.15, 0.2) is 5.65 Å². The van der Waals surface area contributed by atoms with Gasteiger partial charge in [0.05, 0.1) is 18.1 Å². The number of hydrogen-bond acceptors (Lipinski definition) is 5. The lowest BCUT2D eigenvalue weighted by molar-refractivity contribution is 0.297. The van der Waals surface area contributed by atoms with Crippen LogP contribution in [-0.4, -0.2) is 45.3 Å². The van der Waals surface area contributed by atoms with Crippen LogP contribution in [0.3, 0.4) is 0 Å². The van der Waals surface area contributed by atoms with Crippen LogP contribution in [-0.2, 0) is 13.6 Å². The van der Waals surface area contributed by atoms with E-state index >= 15 is 0 Å². The van der Waals surface area contributed by atoms with E-state index in [1.165, 1.54) is 6.42 Å². The number of aromatic nitrogens is 4. The molecule has 1 N–H and O–H groups in total. The summed E-state index contributed by atoms with van der Waals surface area (Å²) in [5.74, 6) is 2.39. The van der Waals surface area contributed by atoms with Crippen molar-refractivity contribution < 1.29 is 0 Å². The standard InChI is InChI=1S/C14H24N6/c1-10(2)6-7-19(4)9-12-17-13(15-3)11-8-16-20(5)14(11)18-12/h8,10H,6-7,9H2,1-5H3,(H,15,17,18). The van der Waals surface area contributed by atoms with Crippen LogP contribution in [0.1, 0.15) is 26.1 Å². The number of anilines is 1. The van der Waals surface area contributed by atoms with E-state index in [2.05, 4.69) is 46.2 Å². The maximum Gasteiger partial charge on any atom is 0.163 e. The van der Waals surface area contributed by atoms with Crippen molar-refractivity contribution in [3.63, 3.8) is 0 Å². The van der Waals surface area contributed by atoms with Crippen LogP contribution in [0.25, 0.3) is 11.0 Å². The molecule has 2 rings (SSSR count). The highest BCUT2D eigenvalue weighted by Gasteiger charge is 2.12. The Morgan fingerprint density at radius 2 is 2.10 bits per heavy atom. The van der Waals surface area contributed by atoms with E-state index in [0.29, 0.717) is 5.92 Å². The van der Waals surface area contributed by atoms with Crippen LogP contribution < -0.4 is 5.32 Å². The molecule has 0 spiro atoms. The summed E-state index contributed by atoms with van der Waals surface area (Å²) >= 11 is 0. The third kappa shape index (κ3) is 3.25. The molecule has 0 radical (unpaired) electrons. The monoisotopic (exact) mass is 276 g/mol. The lowest BCUT2D eigenvalue weighted by Gasteiger charge is -2.17. The second kappa shape index (κ2) is 6.17. The predicted octanol–water partition coefficient (Wildman–Crippen LogP) is 1.88. The fourth-order valence-electron chi connectivity index (χ4n) is 2.13. The number of aryl methyl sites for hydroxylation is 1. The zero-order valence-corrected chi connectivity index (χ0v) is 13.0. The van der Waals surface area contributed by atoms with Gasteiger partial charge in [-0.1, -0.05) is 13.8 Å². The average Bonchev–Trinajstić information content (AvgIpc) is 2.77. The lowest BCUT2D eigenvalue weighted by atomic mass is 10.1. The summed E-state index contributed by atoms with van der Waals surface area (Å²) < 4.78 is 1.79. The van der Waals surface area contributed by atoms with Gasteiger partial charge in [-0.05, 0) is 25.9 Å². The molecule has 0 atom stereocenters.